The zero-order valence-electron chi connectivity index (χ0n) is 14.8. The zero-order chi connectivity index (χ0) is 18.0. The Morgan fingerprint density at radius 1 is 1.44 bits per heavy atom. The SMILES string of the molecule is Cc1nc([C@H]2CN(C(=O)CCc3cnn(C)c3C)CCO2)cc(=O)[nH]1. The fourth-order valence-corrected chi connectivity index (χ4v) is 3.01. The van der Waals surface area contributed by atoms with Crippen molar-refractivity contribution < 1.29 is 9.53 Å². The van der Waals surface area contributed by atoms with Crippen LogP contribution in [0.5, 0.6) is 0 Å². The van der Waals surface area contributed by atoms with Crippen LogP contribution in [0.4, 0.5) is 0 Å². The molecule has 1 amide bonds. The molecule has 0 unspecified atom stereocenters. The molecule has 0 spiro atoms. The van der Waals surface area contributed by atoms with Gasteiger partial charge in [-0.05, 0) is 25.8 Å². The van der Waals surface area contributed by atoms with Crippen molar-refractivity contribution in [2.45, 2.75) is 32.8 Å². The monoisotopic (exact) mass is 345 g/mol. The Labute approximate surface area is 145 Å². The Morgan fingerprint density at radius 2 is 2.24 bits per heavy atom. The summed E-state index contributed by atoms with van der Waals surface area (Å²) in [6.45, 7) is 5.14. The molecule has 0 radical (unpaired) electrons. The highest BCUT2D eigenvalue weighted by Gasteiger charge is 2.26. The number of nitrogens with zero attached hydrogens (tertiary/aromatic N) is 4. The molecule has 2 aromatic rings. The number of amides is 1. The van der Waals surface area contributed by atoms with E-state index in [-0.39, 0.29) is 17.6 Å². The first-order valence-electron chi connectivity index (χ1n) is 8.38. The molecule has 8 heteroatoms. The Kier molecular flexibility index (Phi) is 4.98. The van der Waals surface area contributed by atoms with E-state index < -0.39 is 0 Å². The molecule has 2 aromatic heterocycles. The minimum absolute atomic E-state index is 0.0816. The maximum Gasteiger partial charge on any atom is 0.251 e. The Hall–Kier alpha value is -2.48. The van der Waals surface area contributed by atoms with Gasteiger partial charge in [-0.1, -0.05) is 0 Å². The summed E-state index contributed by atoms with van der Waals surface area (Å²) in [5.74, 6) is 0.625. The summed E-state index contributed by atoms with van der Waals surface area (Å²) in [5, 5.41) is 4.21. The molecule has 3 heterocycles. The largest absolute Gasteiger partial charge is 0.368 e. The van der Waals surface area contributed by atoms with Crippen molar-refractivity contribution in [2.75, 3.05) is 19.7 Å². The Morgan fingerprint density at radius 3 is 2.92 bits per heavy atom. The van der Waals surface area contributed by atoms with Gasteiger partial charge in [-0.3, -0.25) is 14.3 Å². The number of ether oxygens (including phenoxy) is 1. The second-order valence-electron chi connectivity index (χ2n) is 6.33. The predicted molar refractivity (Wildman–Crippen MR) is 91.1 cm³/mol. The molecule has 3 rings (SSSR count). The molecule has 0 aromatic carbocycles. The fraction of sp³-hybridized carbons (Fsp3) is 0.529. The summed E-state index contributed by atoms with van der Waals surface area (Å²) in [4.78, 5) is 32.9. The highest BCUT2D eigenvalue weighted by Crippen LogP contribution is 2.20. The van der Waals surface area contributed by atoms with Crippen molar-refractivity contribution in [2.24, 2.45) is 7.05 Å². The average molecular weight is 345 g/mol. The van der Waals surface area contributed by atoms with Gasteiger partial charge in [0.2, 0.25) is 5.91 Å². The molecule has 1 fully saturated rings. The van der Waals surface area contributed by atoms with Crippen molar-refractivity contribution >= 4 is 5.91 Å². The molecule has 1 aliphatic rings. The van der Waals surface area contributed by atoms with Crippen LogP contribution in [-0.2, 0) is 23.0 Å². The summed E-state index contributed by atoms with van der Waals surface area (Å²) < 4.78 is 7.53. The molecule has 0 aliphatic carbocycles. The first kappa shape index (κ1) is 17.3. The van der Waals surface area contributed by atoms with Crippen LogP contribution in [0.3, 0.4) is 0 Å². The second-order valence-corrected chi connectivity index (χ2v) is 6.33. The van der Waals surface area contributed by atoms with E-state index in [4.69, 9.17) is 4.74 Å². The standard InChI is InChI=1S/C17H23N5O3/c1-11-13(9-18-21(11)3)4-5-17(24)22-6-7-25-15(10-22)14-8-16(23)20-12(2)19-14/h8-9,15H,4-7,10H2,1-3H3,(H,19,20,23)/t15-/m1/s1. The van der Waals surface area contributed by atoms with Crippen molar-refractivity contribution in [3.8, 4) is 0 Å². The molecule has 1 N–H and O–H groups in total. The van der Waals surface area contributed by atoms with Crippen molar-refractivity contribution in [1.82, 2.24) is 24.6 Å². The van der Waals surface area contributed by atoms with Gasteiger partial charge in [0.25, 0.3) is 5.56 Å². The lowest BCUT2D eigenvalue weighted by atomic mass is 10.1. The Bertz CT molecular complexity index is 826. The highest BCUT2D eigenvalue weighted by atomic mass is 16.5. The summed E-state index contributed by atoms with van der Waals surface area (Å²) in [6, 6.07) is 1.44. The van der Waals surface area contributed by atoms with Gasteiger partial charge in [0.05, 0.1) is 25.0 Å². The van der Waals surface area contributed by atoms with E-state index in [1.165, 1.54) is 6.07 Å². The van der Waals surface area contributed by atoms with Crippen LogP contribution in [0.25, 0.3) is 0 Å². The number of rotatable bonds is 4. The molecule has 0 bridgehead atoms. The smallest absolute Gasteiger partial charge is 0.251 e. The lowest BCUT2D eigenvalue weighted by Gasteiger charge is -2.32. The van der Waals surface area contributed by atoms with Crippen LogP contribution >= 0.6 is 0 Å². The number of aromatic amines is 1. The summed E-state index contributed by atoms with van der Waals surface area (Å²) in [6.07, 6.45) is 2.55. The quantitative estimate of drug-likeness (QED) is 0.878. The number of carbonyl (C=O) groups excluding carboxylic acids is 1. The molecular formula is C17H23N5O3. The molecular weight excluding hydrogens is 322 g/mol. The number of hydrogen-bond donors (Lipinski definition) is 1. The Balaban J connectivity index is 1.63. The third-order valence-electron chi connectivity index (χ3n) is 4.57. The summed E-state index contributed by atoms with van der Waals surface area (Å²) in [5.41, 5.74) is 2.53. The topological polar surface area (TPSA) is 93.1 Å². The van der Waals surface area contributed by atoms with E-state index in [0.29, 0.717) is 44.1 Å². The molecule has 0 saturated carbocycles. The number of aryl methyl sites for hydroxylation is 3. The van der Waals surface area contributed by atoms with Gasteiger partial charge < -0.3 is 14.6 Å². The summed E-state index contributed by atoms with van der Waals surface area (Å²) >= 11 is 0. The molecule has 1 saturated heterocycles. The second kappa shape index (κ2) is 7.18. The van der Waals surface area contributed by atoms with Crippen molar-refractivity contribution in [1.29, 1.82) is 0 Å². The minimum atomic E-state index is -0.362. The molecule has 134 valence electrons. The van der Waals surface area contributed by atoms with E-state index in [0.717, 1.165) is 11.3 Å². The molecule has 8 nitrogen and oxygen atoms in total. The van der Waals surface area contributed by atoms with E-state index in [1.54, 1.807) is 11.8 Å². The third kappa shape index (κ3) is 3.96. The van der Waals surface area contributed by atoms with Gasteiger partial charge in [-0.2, -0.15) is 5.10 Å². The maximum absolute atomic E-state index is 12.6. The molecule has 1 atom stereocenters. The lowest BCUT2D eigenvalue weighted by Crippen LogP contribution is -2.42. The van der Waals surface area contributed by atoms with Gasteiger partial charge in [-0.15, -0.1) is 0 Å². The van der Waals surface area contributed by atoms with Crippen molar-refractivity contribution in [3.05, 3.63) is 45.4 Å². The minimum Gasteiger partial charge on any atom is -0.368 e. The molecule has 1 aliphatic heterocycles. The third-order valence-corrected chi connectivity index (χ3v) is 4.57. The number of H-pyrrole nitrogens is 1. The fourth-order valence-electron chi connectivity index (χ4n) is 3.01. The highest BCUT2D eigenvalue weighted by molar-refractivity contribution is 5.76. The predicted octanol–water partition coefficient (Wildman–Crippen LogP) is 0.653. The van der Waals surface area contributed by atoms with Gasteiger partial charge >= 0.3 is 0 Å². The van der Waals surface area contributed by atoms with Crippen LogP contribution in [0.15, 0.2) is 17.1 Å². The van der Waals surface area contributed by atoms with Crippen LogP contribution in [0.2, 0.25) is 0 Å². The first-order valence-corrected chi connectivity index (χ1v) is 8.38. The van der Waals surface area contributed by atoms with Gasteiger partial charge in [0, 0.05) is 31.8 Å². The maximum atomic E-state index is 12.6. The number of hydrogen-bond acceptors (Lipinski definition) is 5. The van der Waals surface area contributed by atoms with Crippen LogP contribution in [0, 0.1) is 13.8 Å². The van der Waals surface area contributed by atoms with E-state index in [1.807, 2.05) is 24.9 Å². The van der Waals surface area contributed by atoms with Crippen LogP contribution in [-0.4, -0.2) is 50.3 Å². The lowest BCUT2D eigenvalue weighted by molar-refractivity contribution is -0.139. The van der Waals surface area contributed by atoms with E-state index in [9.17, 15) is 9.59 Å². The van der Waals surface area contributed by atoms with Gasteiger partial charge in [0.15, 0.2) is 0 Å². The molecule has 25 heavy (non-hydrogen) atoms. The van der Waals surface area contributed by atoms with Crippen LogP contribution in [0.1, 0.15) is 35.3 Å². The summed E-state index contributed by atoms with van der Waals surface area (Å²) in [7, 11) is 1.89. The average Bonchev–Trinajstić information content (AvgIpc) is 2.91. The normalized spacial score (nSPS) is 17.7. The number of carbonyl (C=O) groups is 1. The number of aromatic nitrogens is 4. The number of nitrogens with one attached hydrogen (secondary N) is 1. The first-order chi connectivity index (χ1) is 11.9. The van der Waals surface area contributed by atoms with E-state index >= 15 is 0 Å². The van der Waals surface area contributed by atoms with E-state index in [2.05, 4.69) is 15.1 Å². The van der Waals surface area contributed by atoms with Crippen molar-refractivity contribution in [3.63, 3.8) is 0 Å². The zero-order valence-corrected chi connectivity index (χ0v) is 14.8. The van der Waals surface area contributed by atoms with Gasteiger partial charge in [-0.25, -0.2) is 4.98 Å². The number of morpholine rings is 1. The van der Waals surface area contributed by atoms with Crippen LogP contribution < -0.4 is 5.56 Å². The van der Waals surface area contributed by atoms with Gasteiger partial charge in [0.1, 0.15) is 11.9 Å².